The van der Waals surface area contributed by atoms with Crippen LogP contribution in [0.15, 0.2) is 0 Å². The first-order valence-corrected chi connectivity index (χ1v) is 3.05. The highest BCUT2D eigenvalue weighted by Crippen LogP contribution is 1.55. The Bertz CT molecular complexity index is 122. The molecule has 0 bridgehead atoms. The molecule has 66 valence electrons. The molecule has 0 heterocycles. The number of hydrogen-bond donors (Lipinski definition) is 4. The Morgan fingerprint density at radius 1 is 1.36 bits per heavy atom. The first-order chi connectivity index (χ1) is 5.04. The zero-order chi connectivity index (χ0) is 9.28. The fourth-order valence-corrected chi connectivity index (χ4v) is 0.249. The van der Waals surface area contributed by atoms with Crippen LogP contribution in [0.5, 0.6) is 0 Å². The van der Waals surface area contributed by atoms with E-state index in [1.807, 2.05) is 6.92 Å². The lowest BCUT2D eigenvalue weighted by Crippen LogP contribution is -2.32. The third kappa shape index (κ3) is 29.1. The molecular formula is C5H14N4O2. The van der Waals surface area contributed by atoms with Gasteiger partial charge in [0.25, 0.3) is 0 Å². The lowest BCUT2D eigenvalue weighted by Gasteiger charge is -1.96. The summed E-state index contributed by atoms with van der Waals surface area (Å²) in [5, 5.41) is 4.96. The van der Waals surface area contributed by atoms with Crippen LogP contribution in [-0.2, 0) is 0 Å². The highest BCUT2D eigenvalue weighted by Gasteiger charge is 1.86. The monoisotopic (exact) mass is 162 g/mol. The smallest absolute Gasteiger partial charge is 0.314 e. The SMILES string of the molecule is CCNC(=O)NC.NC(N)=O. The highest BCUT2D eigenvalue weighted by atomic mass is 16.2. The second-order valence-corrected chi connectivity index (χ2v) is 1.51. The minimum atomic E-state index is -0.833. The Labute approximate surface area is 65.3 Å². The van der Waals surface area contributed by atoms with Crippen molar-refractivity contribution in [2.45, 2.75) is 6.92 Å². The van der Waals surface area contributed by atoms with Crippen LogP contribution in [0, 0.1) is 0 Å². The van der Waals surface area contributed by atoms with E-state index in [4.69, 9.17) is 4.79 Å². The quantitative estimate of drug-likeness (QED) is 0.395. The second-order valence-electron chi connectivity index (χ2n) is 1.51. The summed E-state index contributed by atoms with van der Waals surface area (Å²) in [6.07, 6.45) is 0. The summed E-state index contributed by atoms with van der Waals surface area (Å²) in [7, 11) is 1.59. The molecule has 6 N–H and O–H groups in total. The molecule has 0 spiro atoms. The lowest BCUT2D eigenvalue weighted by molar-refractivity contribution is 0.243. The first kappa shape index (κ1) is 12.2. The summed E-state index contributed by atoms with van der Waals surface area (Å²) < 4.78 is 0. The second kappa shape index (κ2) is 8.54. The van der Waals surface area contributed by atoms with Crippen molar-refractivity contribution in [3.63, 3.8) is 0 Å². The summed E-state index contributed by atoms with van der Waals surface area (Å²) >= 11 is 0. The van der Waals surface area contributed by atoms with Crippen LogP contribution in [-0.4, -0.2) is 25.7 Å². The Morgan fingerprint density at radius 2 is 1.73 bits per heavy atom. The van der Waals surface area contributed by atoms with Gasteiger partial charge in [0.15, 0.2) is 0 Å². The molecule has 0 aromatic heterocycles. The van der Waals surface area contributed by atoms with Gasteiger partial charge in [-0.05, 0) is 6.92 Å². The maximum absolute atomic E-state index is 10.2. The van der Waals surface area contributed by atoms with Gasteiger partial charge in [0, 0.05) is 13.6 Å². The lowest BCUT2D eigenvalue weighted by atomic mass is 10.7. The van der Waals surface area contributed by atoms with Crippen molar-refractivity contribution in [3.05, 3.63) is 0 Å². The van der Waals surface area contributed by atoms with Crippen molar-refractivity contribution in [2.24, 2.45) is 11.5 Å². The Hall–Kier alpha value is -1.46. The molecule has 6 nitrogen and oxygen atoms in total. The topological polar surface area (TPSA) is 110 Å². The molecule has 0 radical (unpaired) electrons. The number of carbonyl (C=O) groups is 2. The van der Waals surface area contributed by atoms with Gasteiger partial charge in [-0.1, -0.05) is 0 Å². The van der Waals surface area contributed by atoms with Crippen molar-refractivity contribution in [2.75, 3.05) is 13.6 Å². The standard InChI is InChI=1S/C4H10N2O.CH4N2O/c1-3-6-4(7)5-2;2-1(3)4/h3H2,1-2H3,(H2,5,6,7);(H4,2,3,4). The van der Waals surface area contributed by atoms with E-state index >= 15 is 0 Å². The molecule has 0 aromatic rings. The Kier molecular flexibility index (Phi) is 9.50. The van der Waals surface area contributed by atoms with Crippen LogP contribution < -0.4 is 22.1 Å². The fourth-order valence-electron chi connectivity index (χ4n) is 0.249. The molecule has 0 atom stereocenters. The molecule has 4 amide bonds. The van der Waals surface area contributed by atoms with Crippen molar-refractivity contribution < 1.29 is 9.59 Å². The van der Waals surface area contributed by atoms with Crippen molar-refractivity contribution in [1.82, 2.24) is 10.6 Å². The molecule has 0 aliphatic carbocycles. The summed E-state index contributed by atoms with van der Waals surface area (Å²) in [6.45, 7) is 2.55. The first-order valence-electron chi connectivity index (χ1n) is 3.05. The number of rotatable bonds is 1. The van der Waals surface area contributed by atoms with Gasteiger partial charge in [0.1, 0.15) is 0 Å². The zero-order valence-corrected chi connectivity index (χ0v) is 6.68. The molecule has 6 heteroatoms. The molecule has 0 aromatic carbocycles. The zero-order valence-electron chi connectivity index (χ0n) is 6.68. The van der Waals surface area contributed by atoms with E-state index < -0.39 is 6.03 Å². The predicted molar refractivity (Wildman–Crippen MR) is 41.9 cm³/mol. The van der Waals surface area contributed by atoms with Gasteiger partial charge in [-0.25, -0.2) is 9.59 Å². The van der Waals surface area contributed by atoms with Crippen molar-refractivity contribution in [3.8, 4) is 0 Å². The molecule has 0 aliphatic heterocycles. The summed E-state index contributed by atoms with van der Waals surface area (Å²) in [5.74, 6) is 0. The number of primary amides is 2. The van der Waals surface area contributed by atoms with E-state index in [0.29, 0.717) is 6.54 Å². The molecule has 0 saturated heterocycles. The Morgan fingerprint density at radius 3 is 1.82 bits per heavy atom. The summed E-state index contributed by atoms with van der Waals surface area (Å²) in [4.78, 5) is 19.2. The molecule has 0 unspecified atom stereocenters. The number of hydrogen-bond acceptors (Lipinski definition) is 2. The van der Waals surface area contributed by atoms with Crippen LogP contribution in [0.25, 0.3) is 0 Å². The van der Waals surface area contributed by atoms with Gasteiger partial charge in [0.2, 0.25) is 0 Å². The van der Waals surface area contributed by atoms with Gasteiger partial charge in [-0.3, -0.25) is 0 Å². The van der Waals surface area contributed by atoms with Gasteiger partial charge >= 0.3 is 12.1 Å². The van der Waals surface area contributed by atoms with Crippen LogP contribution in [0.3, 0.4) is 0 Å². The average Bonchev–Trinajstić information content (AvgIpc) is 1.87. The normalized spacial score (nSPS) is 7.09. The van der Waals surface area contributed by atoms with E-state index in [2.05, 4.69) is 22.1 Å². The highest BCUT2D eigenvalue weighted by molar-refractivity contribution is 5.73. The van der Waals surface area contributed by atoms with Crippen molar-refractivity contribution in [1.29, 1.82) is 0 Å². The molecule has 11 heavy (non-hydrogen) atoms. The van der Waals surface area contributed by atoms with E-state index in [0.717, 1.165) is 0 Å². The van der Waals surface area contributed by atoms with Crippen LogP contribution in [0.4, 0.5) is 9.59 Å². The number of nitrogens with two attached hydrogens (primary N) is 2. The van der Waals surface area contributed by atoms with Gasteiger partial charge in [0.05, 0.1) is 0 Å². The average molecular weight is 162 g/mol. The molecular weight excluding hydrogens is 148 g/mol. The molecule has 0 saturated carbocycles. The van der Waals surface area contributed by atoms with Gasteiger partial charge in [-0.15, -0.1) is 0 Å². The third-order valence-electron chi connectivity index (χ3n) is 0.564. The minimum Gasteiger partial charge on any atom is -0.352 e. The van der Waals surface area contributed by atoms with E-state index in [1.54, 1.807) is 7.05 Å². The number of nitrogens with one attached hydrogen (secondary N) is 2. The third-order valence-corrected chi connectivity index (χ3v) is 0.564. The van der Waals surface area contributed by atoms with Gasteiger partial charge in [-0.2, -0.15) is 0 Å². The minimum absolute atomic E-state index is 0.123. The van der Waals surface area contributed by atoms with Crippen LogP contribution in [0.2, 0.25) is 0 Å². The van der Waals surface area contributed by atoms with Crippen LogP contribution in [0.1, 0.15) is 6.92 Å². The largest absolute Gasteiger partial charge is 0.352 e. The number of amides is 4. The van der Waals surface area contributed by atoms with E-state index in [9.17, 15) is 4.79 Å². The van der Waals surface area contributed by atoms with E-state index in [1.165, 1.54) is 0 Å². The van der Waals surface area contributed by atoms with E-state index in [-0.39, 0.29) is 6.03 Å². The summed E-state index contributed by atoms with van der Waals surface area (Å²) in [6, 6.07) is -0.956. The summed E-state index contributed by atoms with van der Waals surface area (Å²) in [5.41, 5.74) is 8.50. The number of urea groups is 2. The molecule has 0 fully saturated rings. The maximum Gasteiger partial charge on any atom is 0.314 e. The van der Waals surface area contributed by atoms with Crippen LogP contribution >= 0.6 is 0 Å². The molecule has 0 rings (SSSR count). The Balaban J connectivity index is 0. The fraction of sp³-hybridized carbons (Fsp3) is 0.600. The molecule has 0 aliphatic rings. The van der Waals surface area contributed by atoms with Gasteiger partial charge < -0.3 is 22.1 Å². The predicted octanol–water partition coefficient (Wildman–Crippen LogP) is -1.04. The number of carbonyl (C=O) groups excluding carboxylic acids is 2. The maximum atomic E-state index is 10.2. The van der Waals surface area contributed by atoms with Crippen molar-refractivity contribution >= 4 is 12.1 Å².